The third-order valence-corrected chi connectivity index (χ3v) is 3.21. The third-order valence-electron chi connectivity index (χ3n) is 3.21. The molecule has 102 valence electrons. The van der Waals surface area contributed by atoms with E-state index in [2.05, 4.69) is 11.5 Å². The van der Waals surface area contributed by atoms with Crippen molar-refractivity contribution in [3.63, 3.8) is 0 Å². The van der Waals surface area contributed by atoms with Crippen LogP contribution in [0, 0.1) is 11.3 Å². The number of nitrogen functional groups attached to an aromatic ring is 1. The summed E-state index contributed by atoms with van der Waals surface area (Å²) in [6, 6.07) is 15.9. The SMILES string of the molecule is N#Cc1cccc(-c2cc3ccc(NN)cc3oc2=O)c1. The van der Waals surface area contributed by atoms with E-state index in [1.807, 2.05) is 6.07 Å². The molecule has 0 unspecified atom stereocenters. The minimum atomic E-state index is -0.452. The van der Waals surface area contributed by atoms with Crippen molar-refractivity contribution in [2.45, 2.75) is 0 Å². The second-order valence-electron chi connectivity index (χ2n) is 4.54. The zero-order valence-electron chi connectivity index (χ0n) is 11.0. The summed E-state index contributed by atoms with van der Waals surface area (Å²) in [5.41, 5.74) is 4.74. The van der Waals surface area contributed by atoms with Crippen molar-refractivity contribution in [1.82, 2.24) is 0 Å². The van der Waals surface area contributed by atoms with Crippen molar-refractivity contribution in [2.24, 2.45) is 5.84 Å². The fraction of sp³-hybridized carbons (Fsp3) is 0. The van der Waals surface area contributed by atoms with E-state index >= 15 is 0 Å². The second-order valence-corrected chi connectivity index (χ2v) is 4.54. The molecule has 0 atom stereocenters. The summed E-state index contributed by atoms with van der Waals surface area (Å²) >= 11 is 0. The number of nitrogens with two attached hydrogens (primary N) is 1. The first-order chi connectivity index (χ1) is 10.2. The highest BCUT2D eigenvalue weighted by Gasteiger charge is 2.09. The molecule has 0 aliphatic carbocycles. The number of hydrogen-bond acceptors (Lipinski definition) is 5. The fourth-order valence-corrected chi connectivity index (χ4v) is 2.16. The lowest BCUT2D eigenvalue weighted by atomic mass is 10.0. The number of hydrazine groups is 1. The second kappa shape index (κ2) is 5.12. The van der Waals surface area contributed by atoms with Gasteiger partial charge in [-0.05, 0) is 35.9 Å². The molecule has 0 bridgehead atoms. The Bertz CT molecular complexity index is 923. The van der Waals surface area contributed by atoms with Crippen molar-refractivity contribution in [1.29, 1.82) is 5.26 Å². The van der Waals surface area contributed by atoms with Crippen molar-refractivity contribution in [3.8, 4) is 17.2 Å². The van der Waals surface area contributed by atoms with Crippen LogP contribution in [-0.2, 0) is 0 Å². The molecule has 0 aliphatic heterocycles. The van der Waals surface area contributed by atoms with Crippen LogP contribution in [0.25, 0.3) is 22.1 Å². The van der Waals surface area contributed by atoms with Crippen LogP contribution in [0.1, 0.15) is 5.56 Å². The molecule has 1 aromatic heterocycles. The maximum Gasteiger partial charge on any atom is 0.344 e. The van der Waals surface area contributed by atoms with Crippen LogP contribution in [0.4, 0.5) is 5.69 Å². The number of nitriles is 1. The van der Waals surface area contributed by atoms with Crippen LogP contribution in [0.2, 0.25) is 0 Å². The van der Waals surface area contributed by atoms with Gasteiger partial charge >= 0.3 is 5.63 Å². The van der Waals surface area contributed by atoms with E-state index in [1.54, 1.807) is 42.5 Å². The summed E-state index contributed by atoms with van der Waals surface area (Å²) in [6.45, 7) is 0. The number of nitrogens with zero attached hydrogens (tertiary/aromatic N) is 1. The molecular formula is C16H11N3O2. The lowest BCUT2D eigenvalue weighted by Gasteiger charge is -2.05. The molecule has 0 saturated carbocycles. The molecule has 2 aromatic carbocycles. The molecule has 1 heterocycles. The quantitative estimate of drug-likeness (QED) is 0.427. The highest BCUT2D eigenvalue weighted by molar-refractivity contribution is 5.84. The summed E-state index contributed by atoms with van der Waals surface area (Å²) < 4.78 is 5.33. The summed E-state index contributed by atoms with van der Waals surface area (Å²) in [5, 5.41) is 9.72. The average Bonchev–Trinajstić information content (AvgIpc) is 2.53. The van der Waals surface area contributed by atoms with Crippen LogP contribution in [0.3, 0.4) is 0 Å². The van der Waals surface area contributed by atoms with Gasteiger partial charge in [0, 0.05) is 11.5 Å². The molecule has 5 heteroatoms. The molecule has 21 heavy (non-hydrogen) atoms. The Morgan fingerprint density at radius 1 is 1.14 bits per heavy atom. The normalized spacial score (nSPS) is 10.3. The zero-order chi connectivity index (χ0) is 14.8. The highest BCUT2D eigenvalue weighted by atomic mass is 16.4. The first-order valence-corrected chi connectivity index (χ1v) is 6.26. The zero-order valence-corrected chi connectivity index (χ0v) is 11.0. The van der Waals surface area contributed by atoms with Crippen molar-refractivity contribution >= 4 is 16.7 Å². The van der Waals surface area contributed by atoms with Gasteiger partial charge in [0.2, 0.25) is 0 Å². The van der Waals surface area contributed by atoms with Gasteiger partial charge in [-0.3, -0.25) is 5.84 Å². The van der Waals surface area contributed by atoms with Gasteiger partial charge in [-0.25, -0.2) is 4.79 Å². The van der Waals surface area contributed by atoms with Gasteiger partial charge in [0.25, 0.3) is 0 Å². The summed E-state index contributed by atoms with van der Waals surface area (Å²) in [4.78, 5) is 12.1. The van der Waals surface area contributed by atoms with Gasteiger partial charge in [-0.15, -0.1) is 0 Å². The van der Waals surface area contributed by atoms with E-state index in [4.69, 9.17) is 15.5 Å². The van der Waals surface area contributed by atoms with Crippen molar-refractivity contribution in [3.05, 3.63) is 64.5 Å². The van der Waals surface area contributed by atoms with Crippen LogP contribution in [-0.4, -0.2) is 0 Å². The molecule has 3 aromatic rings. The molecule has 0 spiro atoms. The Kier molecular flexibility index (Phi) is 3.14. The van der Waals surface area contributed by atoms with Gasteiger partial charge in [0.1, 0.15) is 5.58 Å². The van der Waals surface area contributed by atoms with E-state index in [-0.39, 0.29) is 0 Å². The van der Waals surface area contributed by atoms with Gasteiger partial charge < -0.3 is 9.84 Å². The van der Waals surface area contributed by atoms with Crippen LogP contribution in [0.5, 0.6) is 0 Å². The number of hydrogen-bond donors (Lipinski definition) is 2. The van der Waals surface area contributed by atoms with E-state index < -0.39 is 5.63 Å². The Morgan fingerprint density at radius 3 is 2.76 bits per heavy atom. The minimum Gasteiger partial charge on any atom is -0.422 e. The standard InChI is InChI=1S/C16H11N3O2/c17-9-10-2-1-3-11(6-10)14-7-12-4-5-13(19-18)8-15(12)21-16(14)20/h1-8,19H,18H2. The van der Waals surface area contributed by atoms with Crippen molar-refractivity contribution in [2.75, 3.05) is 5.43 Å². The Hall–Kier alpha value is -3.10. The van der Waals surface area contributed by atoms with Crippen LogP contribution >= 0.6 is 0 Å². The maximum absolute atomic E-state index is 12.1. The molecule has 0 amide bonds. The third kappa shape index (κ3) is 2.36. The number of fused-ring (bicyclic) bond motifs is 1. The summed E-state index contributed by atoms with van der Waals surface area (Å²) in [6.07, 6.45) is 0. The van der Waals surface area contributed by atoms with Gasteiger partial charge in [-0.1, -0.05) is 12.1 Å². The molecule has 5 nitrogen and oxygen atoms in total. The Morgan fingerprint density at radius 2 is 2.00 bits per heavy atom. The molecule has 0 saturated heterocycles. The molecule has 0 fully saturated rings. The predicted octanol–water partition coefficient (Wildman–Crippen LogP) is 2.62. The molecule has 0 aliphatic rings. The van der Waals surface area contributed by atoms with E-state index in [0.29, 0.717) is 28.0 Å². The fourth-order valence-electron chi connectivity index (χ4n) is 2.16. The van der Waals surface area contributed by atoms with Crippen LogP contribution in [0.15, 0.2) is 57.7 Å². The lowest BCUT2D eigenvalue weighted by Crippen LogP contribution is -2.07. The minimum absolute atomic E-state index is 0.424. The van der Waals surface area contributed by atoms with E-state index in [9.17, 15) is 4.79 Å². The van der Waals surface area contributed by atoms with Crippen molar-refractivity contribution < 1.29 is 4.42 Å². The predicted molar refractivity (Wildman–Crippen MR) is 80.4 cm³/mol. The molecule has 3 N–H and O–H groups in total. The van der Waals surface area contributed by atoms with Gasteiger partial charge in [-0.2, -0.15) is 5.26 Å². The van der Waals surface area contributed by atoms with Gasteiger partial charge in [0.15, 0.2) is 0 Å². The smallest absolute Gasteiger partial charge is 0.344 e. The number of anilines is 1. The largest absolute Gasteiger partial charge is 0.422 e. The number of benzene rings is 2. The maximum atomic E-state index is 12.1. The lowest BCUT2D eigenvalue weighted by molar-refractivity contribution is 0.563. The topological polar surface area (TPSA) is 92.1 Å². The number of rotatable bonds is 2. The first kappa shape index (κ1) is 12.9. The van der Waals surface area contributed by atoms with E-state index in [1.165, 1.54) is 0 Å². The van der Waals surface area contributed by atoms with Gasteiger partial charge in [0.05, 0.1) is 22.9 Å². The molecule has 0 radical (unpaired) electrons. The summed E-state index contributed by atoms with van der Waals surface area (Å²) in [7, 11) is 0. The van der Waals surface area contributed by atoms with Crippen LogP contribution < -0.4 is 16.9 Å². The molecule has 3 rings (SSSR count). The highest BCUT2D eigenvalue weighted by Crippen LogP contribution is 2.23. The average molecular weight is 277 g/mol. The Balaban J connectivity index is 2.22. The number of nitrogens with one attached hydrogen (secondary N) is 1. The summed E-state index contributed by atoms with van der Waals surface area (Å²) in [5.74, 6) is 5.33. The monoisotopic (exact) mass is 277 g/mol. The first-order valence-electron chi connectivity index (χ1n) is 6.26. The molecular weight excluding hydrogens is 266 g/mol. The van der Waals surface area contributed by atoms with E-state index in [0.717, 1.165) is 5.39 Å². The Labute approximate surface area is 120 Å².